The average Bonchev–Trinajstić information content (AvgIpc) is 3.93. The number of aromatic nitrogens is 2. The number of benzene rings is 3. The maximum Gasteiger partial charge on any atom is 0.274 e. The predicted molar refractivity (Wildman–Crippen MR) is 248 cm³/mol. The number of halogens is 1. The summed E-state index contributed by atoms with van der Waals surface area (Å²) in [6, 6.07) is 19.2. The monoisotopic (exact) mass is 921 g/mol. The van der Waals surface area contributed by atoms with E-state index in [1.54, 1.807) is 35.4 Å². The van der Waals surface area contributed by atoms with Gasteiger partial charge in [-0.3, -0.25) is 24.6 Å². The molecule has 3 aromatic carbocycles. The quantitative estimate of drug-likeness (QED) is 0.0922. The van der Waals surface area contributed by atoms with E-state index < -0.39 is 25.7 Å². The van der Waals surface area contributed by atoms with E-state index >= 15 is 0 Å². The molecule has 2 fully saturated rings. The second-order valence-electron chi connectivity index (χ2n) is 18.3. The summed E-state index contributed by atoms with van der Waals surface area (Å²) in [7, 11) is -4.62. The van der Waals surface area contributed by atoms with Gasteiger partial charge in [0.25, 0.3) is 21.6 Å². The van der Waals surface area contributed by atoms with Crippen molar-refractivity contribution in [3.05, 3.63) is 122 Å². The van der Waals surface area contributed by atoms with Crippen LogP contribution >= 0.6 is 11.6 Å². The SMILES string of the molecule is CC1(C)CCC(CN2CCN(c3ccc(C(=O)NS(=O)(=O)c4cc5c(c([N+](=O)[O-])c4)C[C@@H](CC(=O)N4CCOCC4)C5)c(Oc4cnc5[nH]ccc5c4)c3)CC2)=C(c2ccc(Cl)cc2)C1. The molecule has 2 saturated heterocycles. The molecule has 2 amide bonds. The molecule has 5 aromatic rings. The van der Waals surface area contributed by atoms with Crippen molar-refractivity contribution in [1.29, 1.82) is 0 Å². The van der Waals surface area contributed by atoms with Crippen LogP contribution in [-0.2, 0) is 32.4 Å². The number of anilines is 1. The fourth-order valence-corrected chi connectivity index (χ4v) is 10.8. The van der Waals surface area contributed by atoms with Gasteiger partial charge in [-0.15, -0.1) is 0 Å². The molecule has 0 spiro atoms. The van der Waals surface area contributed by atoms with Gasteiger partial charge in [0.05, 0.1) is 34.8 Å². The molecule has 65 heavy (non-hydrogen) atoms. The summed E-state index contributed by atoms with van der Waals surface area (Å²) in [6.07, 6.45) is 7.18. The first-order valence-corrected chi connectivity index (χ1v) is 24.0. The summed E-state index contributed by atoms with van der Waals surface area (Å²) in [6.45, 7) is 10.5. The minimum absolute atomic E-state index is 0.0515. The Labute approximate surface area is 382 Å². The lowest BCUT2D eigenvalue weighted by Crippen LogP contribution is -2.47. The van der Waals surface area contributed by atoms with Crippen molar-refractivity contribution < 1.29 is 32.4 Å². The Balaban J connectivity index is 0.935. The number of aromatic amines is 1. The Kier molecular flexibility index (Phi) is 12.4. The van der Waals surface area contributed by atoms with Crippen LogP contribution in [0, 0.1) is 21.4 Å². The summed E-state index contributed by atoms with van der Waals surface area (Å²) in [5, 5.41) is 13.8. The van der Waals surface area contributed by atoms with E-state index in [2.05, 4.69) is 50.5 Å². The number of piperazine rings is 1. The molecule has 340 valence electrons. The lowest BCUT2D eigenvalue weighted by molar-refractivity contribution is -0.385. The van der Waals surface area contributed by atoms with Crippen molar-refractivity contribution in [2.45, 2.75) is 57.3 Å². The highest BCUT2D eigenvalue weighted by Gasteiger charge is 2.35. The van der Waals surface area contributed by atoms with Gasteiger partial charge >= 0.3 is 0 Å². The number of ether oxygens (including phenoxy) is 2. The largest absolute Gasteiger partial charge is 0.455 e. The van der Waals surface area contributed by atoms with Crippen LogP contribution in [-0.4, -0.2) is 104 Å². The van der Waals surface area contributed by atoms with Gasteiger partial charge in [-0.2, -0.15) is 0 Å². The average molecular weight is 923 g/mol. The topological polar surface area (TPSA) is 180 Å². The highest BCUT2D eigenvalue weighted by atomic mass is 35.5. The third kappa shape index (κ3) is 9.91. The summed E-state index contributed by atoms with van der Waals surface area (Å²) in [4.78, 5) is 52.3. The molecule has 17 heteroatoms. The van der Waals surface area contributed by atoms with Crippen molar-refractivity contribution >= 4 is 61.4 Å². The second kappa shape index (κ2) is 18.2. The van der Waals surface area contributed by atoms with Gasteiger partial charge in [0.1, 0.15) is 17.1 Å². The van der Waals surface area contributed by atoms with E-state index in [-0.39, 0.29) is 53.5 Å². The number of hydrogen-bond acceptors (Lipinski definition) is 11. The van der Waals surface area contributed by atoms with Gasteiger partial charge < -0.3 is 24.3 Å². The first-order chi connectivity index (χ1) is 31.2. The van der Waals surface area contributed by atoms with E-state index in [0.717, 1.165) is 61.1 Å². The number of carbonyl (C=O) groups excluding carboxylic acids is 2. The van der Waals surface area contributed by atoms with Gasteiger partial charge in [0.15, 0.2) is 0 Å². The number of allylic oxidation sites excluding steroid dienone is 1. The van der Waals surface area contributed by atoms with Crippen LogP contribution in [0.15, 0.2) is 89.6 Å². The molecule has 2 aromatic heterocycles. The fourth-order valence-electron chi connectivity index (χ4n) is 9.64. The van der Waals surface area contributed by atoms with Crippen LogP contribution in [0.25, 0.3) is 16.6 Å². The van der Waals surface area contributed by atoms with Crippen molar-refractivity contribution in [2.24, 2.45) is 11.3 Å². The number of sulfonamides is 1. The zero-order valence-electron chi connectivity index (χ0n) is 36.5. The van der Waals surface area contributed by atoms with Crippen LogP contribution in [0.5, 0.6) is 11.5 Å². The maximum absolute atomic E-state index is 14.1. The summed E-state index contributed by atoms with van der Waals surface area (Å²) >= 11 is 6.25. The Bertz CT molecular complexity index is 2800. The number of nitrogens with zero attached hydrogens (tertiary/aromatic N) is 5. The summed E-state index contributed by atoms with van der Waals surface area (Å²) in [5.41, 5.74) is 6.21. The fraction of sp³-hybridized carbons (Fsp3) is 0.396. The van der Waals surface area contributed by atoms with Gasteiger partial charge in [-0.05, 0) is 103 Å². The number of nitro groups is 1. The number of rotatable bonds is 12. The van der Waals surface area contributed by atoms with Crippen LogP contribution in [0.1, 0.15) is 66.6 Å². The number of amides is 2. The third-order valence-corrected chi connectivity index (χ3v) is 14.8. The van der Waals surface area contributed by atoms with Crippen LogP contribution in [0.2, 0.25) is 5.02 Å². The Morgan fingerprint density at radius 1 is 1.00 bits per heavy atom. The van der Waals surface area contributed by atoms with Crippen molar-refractivity contribution in [1.82, 2.24) is 24.5 Å². The molecule has 0 radical (unpaired) electrons. The minimum Gasteiger partial charge on any atom is -0.455 e. The molecular formula is C48H52ClN7O8S. The highest BCUT2D eigenvalue weighted by Crippen LogP contribution is 2.44. The third-order valence-electron chi connectivity index (χ3n) is 13.2. The Morgan fingerprint density at radius 2 is 1.77 bits per heavy atom. The first-order valence-electron chi connectivity index (χ1n) is 22.1. The second-order valence-corrected chi connectivity index (χ2v) is 20.4. The molecule has 2 aliphatic carbocycles. The molecule has 0 saturated carbocycles. The zero-order chi connectivity index (χ0) is 45.5. The zero-order valence-corrected chi connectivity index (χ0v) is 38.1. The van der Waals surface area contributed by atoms with E-state index in [9.17, 15) is 28.1 Å². The molecule has 2 N–H and O–H groups in total. The Hall–Kier alpha value is -5.81. The lowest BCUT2D eigenvalue weighted by atomic mass is 9.72. The molecule has 1 atom stereocenters. The summed E-state index contributed by atoms with van der Waals surface area (Å²) in [5.74, 6) is -0.811. The molecule has 0 bridgehead atoms. The van der Waals surface area contributed by atoms with Crippen LogP contribution in [0.3, 0.4) is 0 Å². The standard InChI is InChI=1S/C48H52ClN7O8S/c1-48(2)11-9-34(42(28-48)32-3-5-36(49)6-4-32)30-53-13-15-54(16-14-53)37-7-8-40(44(26-37)64-38-24-33-10-12-50-46(33)51-29-38)47(58)52-65(61,62)39-25-35-21-31(22-41(35)43(27-39)56(59)60)23-45(57)55-17-19-63-20-18-55/h3-8,10,12,24-27,29,31H,9,11,13-23,28,30H2,1-2H3,(H,50,51)(H,52,58)/t31-/m0/s1. The molecule has 9 rings (SSSR count). The predicted octanol–water partition coefficient (Wildman–Crippen LogP) is 7.79. The number of nitro benzene ring substituents is 1. The highest BCUT2D eigenvalue weighted by molar-refractivity contribution is 7.90. The van der Waals surface area contributed by atoms with Gasteiger partial charge in [-0.25, -0.2) is 18.1 Å². The number of carbonyl (C=O) groups is 2. The molecule has 4 heterocycles. The number of fused-ring (bicyclic) bond motifs is 2. The van der Waals surface area contributed by atoms with Crippen LogP contribution < -0.4 is 14.4 Å². The smallest absolute Gasteiger partial charge is 0.274 e. The van der Waals surface area contributed by atoms with Crippen molar-refractivity contribution in [2.75, 3.05) is 63.9 Å². The van der Waals surface area contributed by atoms with Gasteiger partial charge in [0, 0.05) is 92.2 Å². The number of pyridine rings is 1. The molecular weight excluding hydrogens is 870 g/mol. The van der Waals surface area contributed by atoms with E-state index in [0.29, 0.717) is 61.9 Å². The molecule has 2 aliphatic heterocycles. The summed E-state index contributed by atoms with van der Waals surface area (Å²) < 4.78 is 41.8. The van der Waals surface area contributed by atoms with Crippen molar-refractivity contribution in [3.63, 3.8) is 0 Å². The minimum atomic E-state index is -4.62. The van der Waals surface area contributed by atoms with Crippen molar-refractivity contribution in [3.8, 4) is 11.5 Å². The van der Waals surface area contributed by atoms with Crippen LogP contribution in [0.4, 0.5) is 11.4 Å². The first kappa shape index (κ1) is 44.4. The Morgan fingerprint density at radius 3 is 2.52 bits per heavy atom. The van der Waals surface area contributed by atoms with Gasteiger partial charge in [-0.1, -0.05) is 43.2 Å². The molecule has 4 aliphatic rings. The van der Waals surface area contributed by atoms with Gasteiger partial charge in [0.2, 0.25) is 5.91 Å². The maximum atomic E-state index is 14.1. The molecule has 15 nitrogen and oxygen atoms in total. The number of morpholine rings is 1. The number of nitrogens with one attached hydrogen (secondary N) is 2. The normalized spacial score (nSPS) is 19.0. The van der Waals surface area contributed by atoms with E-state index in [4.69, 9.17) is 21.1 Å². The van der Waals surface area contributed by atoms with E-state index in [1.165, 1.54) is 29.0 Å². The van der Waals surface area contributed by atoms with E-state index in [1.807, 2.05) is 18.2 Å². The molecule has 0 unspecified atom stereocenters. The lowest BCUT2D eigenvalue weighted by Gasteiger charge is -2.39. The number of H-pyrrole nitrogens is 1. The number of hydrogen-bond donors (Lipinski definition) is 2.